The SMILES string of the molecule is COCCN(Cc1ccccn1)C(=O)c1cc(-c2ccccc2)n[nH]1. The highest BCUT2D eigenvalue weighted by Crippen LogP contribution is 2.18. The van der Waals surface area contributed by atoms with Crippen LogP contribution in [0.15, 0.2) is 60.8 Å². The third-order valence-corrected chi connectivity index (χ3v) is 3.81. The number of H-pyrrole nitrogens is 1. The minimum Gasteiger partial charge on any atom is -0.383 e. The molecule has 1 N–H and O–H groups in total. The molecule has 0 radical (unpaired) electrons. The first kappa shape index (κ1) is 16.9. The maximum absolute atomic E-state index is 12.9. The molecule has 0 saturated carbocycles. The summed E-state index contributed by atoms with van der Waals surface area (Å²) in [6.07, 6.45) is 1.72. The van der Waals surface area contributed by atoms with E-state index in [1.54, 1.807) is 24.3 Å². The summed E-state index contributed by atoms with van der Waals surface area (Å²) in [6.45, 7) is 1.35. The summed E-state index contributed by atoms with van der Waals surface area (Å²) in [5.41, 5.74) is 2.99. The number of amides is 1. The van der Waals surface area contributed by atoms with E-state index in [4.69, 9.17) is 4.74 Å². The fraction of sp³-hybridized carbons (Fsp3) is 0.211. The lowest BCUT2D eigenvalue weighted by molar-refractivity contribution is 0.0672. The van der Waals surface area contributed by atoms with Gasteiger partial charge in [0.1, 0.15) is 5.69 Å². The molecule has 0 aliphatic heterocycles. The van der Waals surface area contributed by atoms with Crippen molar-refractivity contribution < 1.29 is 9.53 Å². The summed E-state index contributed by atoms with van der Waals surface area (Å²) >= 11 is 0. The molecule has 2 heterocycles. The van der Waals surface area contributed by atoms with Crippen LogP contribution in [0.1, 0.15) is 16.2 Å². The van der Waals surface area contributed by atoms with Gasteiger partial charge in [-0.2, -0.15) is 5.10 Å². The molecular formula is C19H20N4O2. The maximum atomic E-state index is 12.9. The van der Waals surface area contributed by atoms with Gasteiger partial charge in [0, 0.05) is 25.4 Å². The summed E-state index contributed by atoms with van der Waals surface area (Å²) in [5.74, 6) is -0.127. The zero-order chi connectivity index (χ0) is 17.5. The minimum absolute atomic E-state index is 0.127. The lowest BCUT2D eigenvalue weighted by Gasteiger charge is -2.21. The van der Waals surface area contributed by atoms with Crippen molar-refractivity contribution >= 4 is 5.91 Å². The molecule has 0 fully saturated rings. The molecule has 3 rings (SSSR count). The van der Waals surface area contributed by atoms with Crippen LogP contribution in [0.5, 0.6) is 0 Å². The molecule has 128 valence electrons. The fourth-order valence-electron chi connectivity index (χ4n) is 2.50. The average Bonchev–Trinajstić information content (AvgIpc) is 3.16. The Morgan fingerprint density at radius 2 is 1.96 bits per heavy atom. The molecule has 1 amide bonds. The van der Waals surface area contributed by atoms with E-state index in [2.05, 4.69) is 15.2 Å². The van der Waals surface area contributed by atoms with Gasteiger partial charge in [-0.3, -0.25) is 14.9 Å². The molecule has 0 unspecified atom stereocenters. The predicted molar refractivity (Wildman–Crippen MR) is 94.9 cm³/mol. The molecule has 0 aliphatic rings. The number of carbonyl (C=O) groups is 1. The number of aromatic nitrogens is 3. The van der Waals surface area contributed by atoms with Crippen molar-refractivity contribution in [3.63, 3.8) is 0 Å². The monoisotopic (exact) mass is 336 g/mol. The molecule has 6 nitrogen and oxygen atoms in total. The Bertz CT molecular complexity index is 803. The number of rotatable bonds is 7. The smallest absolute Gasteiger partial charge is 0.272 e. The summed E-state index contributed by atoms with van der Waals surface area (Å²) in [6, 6.07) is 17.2. The van der Waals surface area contributed by atoms with Gasteiger partial charge in [0.25, 0.3) is 5.91 Å². The number of hydrogen-bond acceptors (Lipinski definition) is 4. The quantitative estimate of drug-likeness (QED) is 0.720. The minimum atomic E-state index is -0.127. The van der Waals surface area contributed by atoms with Gasteiger partial charge in [-0.15, -0.1) is 0 Å². The second-order valence-corrected chi connectivity index (χ2v) is 5.57. The number of hydrogen-bond donors (Lipinski definition) is 1. The fourth-order valence-corrected chi connectivity index (χ4v) is 2.50. The number of methoxy groups -OCH3 is 1. The molecule has 0 saturated heterocycles. The number of nitrogens with zero attached hydrogens (tertiary/aromatic N) is 3. The Morgan fingerprint density at radius 1 is 1.16 bits per heavy atom. The normalized spacial score (nSPS) is 10.6. The van der Waals surface area contributed by atoms with Crippen LogP contribution in [-0.2, 0) is 11.3 Å². The predicted octanol–water partition coefficient (Wildman–Crippen LogP) is 2.76. The number of aromatic amines is 1. The molecule has 6 heteroatoms. The van der Waals surface area contributed by atoms with Crippen LogP contribution in [0.2, 0.25) is 0 Å². The third-order valence-electron chi connectivity index (χ3n) is 3.81. The number of carbonyl (C=O) groups excluding carboxylic acids is 1. The van der Waals surface area contributed by atoms with Crippen molar-refractivity contribution in [3.05, 3.63) is 72.2 Å². The van der Waals surface area contributed by atoms with E-state index in [1.807, 2.05) is 48.5 Å². The molecule has 3 aromatic rings. The average molecular weight is 336 g/mol. The van der Waals surface area contributed by atoms with Gasteiger partial charge in [-0.05, 0) is 18.2 Å². The highest BCUT2D eigenvalue weighted by molar-refractivity contribution is 5.93. The van der Waals surface area contributed by atoms with Crippen LogP contribution in [0, 0.1) is 0 Å². The van der Waals surface area contributed by atoms with Crippen molar-refractivity contribution in [2.75, 3.05) is 20.3 Å². The van der Waals surface area contributed by atoms with Gasteiger partial charge in [0.15, 0.2) is 0 Å². The van der Waals surface area contributed by atoms with Crippen LogP contribution >= 0.6 is 0 Å². The highest BCUT2D eigenvalue weighted by Gasteiger charge is 2.19. The Labute approximate surface area is 146 Å². The van der Waals surface area contributed by atoms with E-state index in [-0.39, 0.29) is 5.91 Å². The molecule has 0 bridgehead atoms. The van der Waals surface area contributed by atoms with Crippen molar-refractivity contribution in [3.8, 4) is 11.3 Å². The van der Waals surface area contributed by atoms with E-state index in [0.29, 0.717) is 25.4 Å². The highest BCUT2D eigenvalue weighted by atomic mass is 16.5. The molecular weight excluding hydrogens is 316 g/mol. The zero-order valence-electron chi connectivity index (χ0n) is 14.1. The second kappa shape index (κ2) is 8.21. The standard InChI is InChI=1S/C19H20N4O2/c1-25-12-11-23(14-16-9-5-6-10-20-16)19(24)18-13-17(21-22-18)15-7-3-2-4-8-15/h2-10,13H,11-12,14H2,1H3,(H,21,22). The van der Waals surface area contributed by atoms with Crippen molar-refractivity contribution in [1.82, 2.24) is 20.1 Å². The Morgan fingerprint density at radius 3 is 2.68 bits per heavy atom. The summed E-state index contributed by atoms with van der Waals surface area (Å²) in [5, 5.41) is 7.10. The van der Waals surface area contributed by atoms with Gasteiger partial charge in [0.05, 0.1) is 24.5 Å². The molecule has 25 heavy (non-hydrogen) atoms. The van der Waals surface area contributed by atoms with Gasteiger partial charge in [-0.25, -0.2) is 0 Å². The number of ether oxygens (including phenoxy) is 1. The van der Waals surface area contributed by atoms with Crippen LogP contribution in [0.25, 0.3) is 11.3 Å². The van der Waals surface area contributed by atoms with E-state index in [1.165, 1.54) is 0 Å². The third kappa shape index (κ3) is 4.30. The lowest BCUT2D eigenvalue weighted by atomic mass is 10.1. The Balaban J connectivity index is 1.78. The van der Waals surface area contributed by atoms with Crippen LogP contribution in [0.3, 0.4) is 0 Å². The second-order valence-electron chi connectivity index (χ2n) is 5.57. The summed E-state index contributed by atoms with van der Waals surface area (Å²) < 4.78 is 5.13. The number of nitrogens with one attached hydrogen (secondary N) is 1. The number of benzene rings is 1. The van der Waals surface area contributed by atoms with E-state index < -0.39 is 0 Å². The Kier molecular flexibility index (Phi) is 5.53. The summed E-state index contributed by atoms with van der Waals surface area (Å²) in [4.78, 5) is 18.9. The van der Waals surface area contributed by atoms with E-state index in [9.17, 15) is 4.79 Å². The van der Waals surface area contributed by atoms with Gasteiger partial charge >= 0.3 is 0 Å². The maximum Gasteiger partial charge on any atom is 0.272 e. The van der Waals surface area contributed by atoms with Gasteiger partial charge in [0.2, 0.25) is 0 Å². The van der Waals surface area contributed by atoms with Crippen molar-refractivity contribution in [1.29, 1.82) is 0 Å². The van der Waals surface area contributed by atoms with Crippen LogP contribution in [0.4, 0.5) is 0 Å². The van der Waals surface area contributed by atoms with Crippen molar-refractivity contribution in [2.24, 2.45) is 0 Å². The lowest BCUT2D eigenvalue weighted by Crippen LogP contribution is -2.34. The topological polar surface area (TPSA) is 71.1 Å². The first-order chi connectivity index (χ1) is 12.3. The van der Waals surface area contributed by atoms with E-state index in [0.717, 1.165) is 17.0 Å². The van der Waals surface area contributed by atoms with Crippen molar-refractivity contribution in [2.45, 2.75) is 6.54 Å². The van der Waals surface area contributed by atoms with E-state index >= 15 is 0 Å². The molecule has 2 aromatic heterocycles. The van der Waals surface area contributed by atoms with Gasteiger partial charge < -0.3 is 9.64 Å². The molecule has 0 spiro atoms. The van der Waals surface area contributed by atoms with Crippen LogP contribution in [-0.4, -0.2) is 46.2 Å². The van der Waals surface area contributed by atoms with Crippen LogP contribution < -0.4 is 0 Å². The van der Waals surface area contributed by atoms with Gasteiger partial charge in [-0.1, -0.05) is 36.4 Å². The summed E-state index contributed by atoms with van der Waals surface area (Å²) in [7, 11) is 1.62. The molecule has 0 atom stereocenters. The molecule has 0 aliphatic carbocycles. The number of pyridine rings is 1. The zero-order valence-corrected chi connectivity index (χ0v) is 14.1. The first-order valence-corrected chi connectivity index (χ1v) is 8.07. The Hall–Kier alpha value is -2.99. The largest absolute Gasteiger partial charge is 0.383 e. The first-order valence-electron chi connectivity index (χ1n) is 8.07. The molecule has 1 aromatic carbocycles.